The minimum atomic E-state index is -0.163. The minimum absolute atomic E-state index is 0.116. The monoisotopic (exact) mass is 309 g/mol. The molecule has 2 N–H and O–H groups in total. The van der Waals surface area contributed by atoms with Crippen LogP contribution in [0.25, 0.3) is 0 Å². The number of amides is 1. The molecule has 0 spiro atoms. The highest BCUT2D eigenvalue weighted by molar-refractivity contribution is 9.10. The van der Waals surface area contributed by atoms with E-state index in [4.69, 9.17) is 5.26 Å². The molecule has 0 saturated heterocycles. The van der Waals surface area contributed by atoms with Gasteiger partial charge in [-0.2, -0.15) is 5.26 Å². The van der Waals surface area contributed by atoms with Gasteiger partial charge in [0, 0.05) is 10.0 Å². The van der Waals surface area contributed by atoms with Gasteiger partial charge in [0.2, 0.25) is 5.91 Å². The third-order valence-electron chi connectivity index (χ3n) is 2.16. The van der Waals surface area contributed by atoms with Gasteiger partial charge in [0.05, 0.1) is 17.8 Å². The van der Waals surface area contributed by atoms with E-state index in [9.17, 15) is 4.79 Å². The van der Waals surface area contributed by atoms with E-state index < -0.39 is 0 Å². The number of benzene rings is 1. The van der Waals surface area contributed by atoms with E-state index in [1.807, 2.05) is 26.8 Å². The van der Waals surface area contributed by atoms with Crippen LogP contribution in [0.3, 0.4) is 0 Å². The van der Waals surface area contributed by atoms with E-state index >= 15 is 0 Å². The third kappa shape index (κ3) is 4.86. The largest absolute Gasteiger partial charge is 0.324 e. The number of hydrogen-bond acceptors (Lipinski definition) is 3. The molecule has 0 aliphatic heterocycles. The Kier molecular flexibility index (Phi) is 4.88. The Labute approximate surface area is 116 Å². The maximum Gasteiger partial charge on any atom is 0.238 e. The fraction of sp³-hybridized carbons (Fsp3) is 0.385. The zero-order chi connectivity index (χ0) is 13.8. The smallest absolute Gasteiger partial charge is 0.238 e. The van der Waals surface area contributed by atoms with Gasteiger partial charge in [0.1, 0.15) is 6.07 Å². The van der Waals surface area contributed by atoms with Crippen LogP contribution in [-0.2, 0) is 4.79 Å². The summed E-state index contributed by atoms with van der Waals surface area (Å²) in [5.74, 6) is -0.163. The van der Waals surface area contributed by atoms with E-state index in [1.165, 1.54) is 0 Å². The number of anilines is 1. The van der Waals surface area contributed by atoms with Gasteiger partial charge in [-0.3, -0.25) is 4.79 Å². The molecular formula is C13H16BrN3O. The highest BCUT2D eigenvalue weighted by Gasteiger charge is 2.12. The lowest BCUT2D eigenvalue weighted by Gasteiger charge is -2.20. The van der Waals surface area contributed by atoms with Crippen LogP contribution in [0.2, 0.25) is 0 Å². The molecule has 1 aromatic rings. The fourth-order valence-corrected chi connectivity index (χ4v) is 1.62. The predicted octanol–water partition coefficient (Wildman–Crippen LogP) is 2.65. The molecule has 0 aromatic heterocycles. The van der Waals surface area contributed by atoms with Crippen molar-refractivity contribution in [1.29, 1.82) is 5.26 Å². The molecule has 0 fully saturated rings. The van der Waals surface area contributed by atoms with Crippen LogP contribution in [0.5, 0.6) is 0 Å². The van der Waals surface area contributed by atoms with Gasteiger partial charge in [-0.1, -0.05) is 15.9 Å². The molecule has 1 amide bonds. The quantitative estimate of drug-likeness (QED) is 0.902. The Morgan fingerprint density at radius 3 is 2.67 bits per heavy atom. The predicted molar refractivity (Wildman–Crippen MR) is 75.2 cm³/mol. The Morgan fingerprint density at radius 2 is 2.11 bits per heavy atom. The molecule has 0 heterocycles. The number of halogens is 1. The van der Waals surface area contributed by atoms with E-state index in [2.05, 4.69) is 26.6 Å². The van der Waals surface area contributed by atoms with Crippen LogP contribution in [0, 0.1) is 11.3 Å². The maximum atomic E-state index is 11.7. The zero-order valence-corrected chi connectivity index (χ0v) is 12.3. The molecule has 0 bridgehead atoms. The zero-order valence-electron chi connectivity index (χ0n) is 10.7. The lowest BCUT2D eigenvalue weighted by Crippen LogP contribution is -2.41. The highest BCUT2D eigenvalue weighted by atomic mass is 79.9. The van der Waals surface area contributed by atoms with Crippen LogP contribution in [0.1, 0.15) is 26.3 Å². The van der Waals surface area contributed by atoms with Gasteiger partial charge >= 0.3 is 0 Å². The van der Waals surface area contributed by atoms with Crippen molar-refractivity contribution >= 4 is 27.5 Å². The SMILES string of the molecule is CC(C)(C)NCC(=O)Nc1ccc(Br)cc1C#N. The number of carbonyl (C=O) groups is 1. The first-order chi connectivity index (χ1) is 8.31. The second-order valence-electron chi connectivity index (χ2n) is 4.95. The van der Waals surface area contributed by atoms with Crippen LogP contribution in [0.15, 0.2) is 22.7 Å². The molecule has 0 radical (unpaired) electrons. The lowest BCUT2D eigenvalue weighted by molar-refractivity contribution is -0.115. The standard InChI is InChI=1S/C13H16BrN3O/c1-13(2,3)16-8-12(18)17-11-5-4-10(14)6-9(11)7-15/h4-6,16H,8H2,1-3H3,(H,17,18). The van der Waals surface area contributed by atoms with Crippen molar-refractivity contribution in [1.82, 2.24) is 5.32 Å². The molecule has 5 heteroatoms. The van der Waals surface area contributed by atoms with Gasteiger partial charge in [0.15, 0.2) is 0 Å². The van der Waals surface area contributed by atoms with E-state index in [0.717, 1.165) is 4.47 Å². The number of nitriles is 1. The third-order valence-corrected chi connectivity index (χ3v) is 2.65. The first-order valence-corrected chi connectivity index (χ1v) is 6.35. The molecule has 0 aliphatic rings. The molecule has 18 heavy (non-hydrogen) atoms. The summed E-state index contributed by atoms with van der Waals surface area (Å²) in [4.78, 5) is 11.7. The average Bonchev–Trinajstić information content (AvgIpc) is 2.28. The summed E-state index contributed by atoms with van der Waals surface area (Å²) in [5, 5.41) is 14.8. The van der Waals surface area contributed by atoms with Crippen molar-refractivity contribution in [2.75, 3.05) is 11.9 Å². The number of rotatable bonds is 3. The average molecular weight is 310 g/mol. The van der Waals surface area contributed by atoms with Crippen LogP contribution in [-0.4, -0.2) is 18.0 Å². The van der Waals surface area contributed by atoms with E-state index in [-0.39, 0.29) is 18.0 Å². The maximum absolute atomic E-state index is 11.7. The van der Waals surface area contributed by atoms with E-state index in [0.29, 0.717) is 11.3 Å². The van der Waals surface area contributed by atoms with Crippen molar-refractivity contribution in [3.63, 3.8) is 0 Å². The number of nitrogens with zero attached hydrogens (tertiary/aromatic N) is 1. The van der Waals surface area contributed by atoms with Gasteiger partial charge in [0.25, 0.3) is 0 Å². The minimum Gasteiger partial charge on any atom is -0.324 e. The van der Waals surface area contributed by atoms with Crippen molar-refractivity contribution in [2.45, 2.75) is 26.3 Å². The summed E-state index contributed by atoms with van der Waals surface area (Å²) in [6.07, 6.45) is 0. The number of carbonyl (C=O) groups excluding carboxylic acids is 1. The molecule has 1 rings (SSSR count). The molecule has 4 nitrogen and oxygen atoms in total. The van der Waals surface area contributed by atoms with Crippen molar-refractivity contribution in [3.05, 3.63) is 28.2 Å². The number of hydrogen-bond donors (Lipinski definition) is 2. The fourth-order valence-electron chi connectivity index (χ4n) is 1.26. The van der Waals surface area contributed by atoms with Crippen molar-refractivity contribution in [2.24, 2.45) is 0 Å². The second kappa shape index (κ2) is 5.98. The summed E-state index contributed by atoms with van der Waals surface area (Å²) in [6.45, 7) is 6.17. The van der Waals surface area contributed by atoms with Crippen molar-refractivity contribution in [3.8, 4) is 6.07 Å². The summed E-state index contributed by atoms with van der Waals surface area (Å²) in [6, 6.07) is 7.21. The molecule has 0 saturated carbocycles. The van der Waals surface area contributed by atoms with Crippen LogP contribution >= 0.6 is 15.9 Å². The molecule has 0 atom stereocenters. The summed E-state index contributed by atoms with van der Waals surface area (Å²) >= 11 is 3.28. The molecule has 0 unspecified atom stereocenters. The van der Waals surface area contributed by atoms with Gasteiger partial charge < -0.3 is 10.6 Å². The van der Waals surface area contributed by atoms with Crippen LogP contribution < -0.4 is 10.6 Å². The van der Waals surface area contributed by atoms with Gasteiger partial charge in [-0.05, 0) is 39.0 Å². The van der Waals surface area contributed by atoms with Gasteiger partial charge in [-0.15, -0.1) is 0 Å². The Hall–Kier alpha value is -1.38. The first kappa shape index (κ1) is 14.7. The topological polar surface area (TPSA) is 64.9 Å². The Bertz CT molecular complexity index is 486. The summed E-state index contributed by atoms with van der Waals surface area (Å²) < 4.78 is 0.810. The van der Waals surface area contributed by atoms with Gasteiger partial charge in [-0.25, -0.2) is 0 Å². The number of nitrogens with one attached hydrogen (secondary N) is 2. The molecule has 1 aromatic carbocycles. The second-order valence-corrected chi connectivity index (χ2v) is 5.87. The van der Waals surface area contributed by atoms with Crippen LogP contribution in [0.4, 0.5) is 5.69 Å². The van der Waals surface area contributed by atoms with E-state index in [1.54, 1.807) is 18.2 Å². The molecule has 0 aliphatic carbocycles. The first-order valence-electron chi connectivity index (χ1n) is 5.56. The Balaban J connectivity index is 2.68. The summed E-state index contributed by atoms with van der Waals surface area (Å²) in [7, 11) is 0. The lowest BCUT2D eigenvalue weighted by atomic mass is 10.1. The van der Waals surface area contributed by atoms with Crippen molar-refractivity contribution < 1.29 is 4.79 Å². The highest BCUT2D eigenvalue weighted by Crippen LogP contribution is 2.20. The molecule has 96 valence electrons. The summed E-state index contributed by atoms with van der Waals surface area (Å²) in [5.41, 5.74) is 0.852. The molecular weight excluding hydrogens is 294 g/mol. The normalized spacial score (nSPS) is 10.8. The Morgan fingerprint density at radius 1 is 1.44 bits per heavy atom.